The number of ether oxygens (including phenoxy) is 1. The van der Waals surface area contributed by atoms with Crippen LogP contribution in [0.3, 0.4) is 0 Å². The van der Waals surface area contributed by atoms with Gasteiger partial charge in [0, 0.05) is 6.54 Å². The van der Waals surface area contributed by atoms with Crippen molar-refractivity contribution in [3.8, 4) is 5.75 Å². The van der Waals surface area contributed by atoms with E-state index in [1.54, 1.807) is 18.0 Å². The first kappa shape index (κ1) is 14.7. The molecule has 0 aliphatic heterocycles. The molecule has 0 spiro atoms. The minimum Gasteiger partial charge on any atom is -0.493 e. The normalized spacial score (nSPS) is 14.6. The quantitative estimate of drug-likeness (QED) is 0.726. The van der Waals surface area contributed by atoms with Gasteiger partial charge in [-0.2, -0.15) is 5.10 Å². The molecule has 1 aromatic rings. The first-order chi connectivity index (χ1) is 8.42. The number of carbonyl (C=O) groups excluding carboxylic acids is 1. The van der Waals surface area contributed by atoms with Gasteiger partial charge in [0.15, 0.2) is 5.75 Å². The molecule has 1 unspecified atom stereocenters. The van der Waals surface area contributed by atoms with Crippen molar-refractivity contribution in [1.82, 2.24) is 14.7 Å². The van der Waals surface area contributed by atoms with Gasteiger partial charge in [-0.15, -0.1) is 0 Å². The zero-order chi connectivity index (χ0) is 13.9. The van der Waals surface area contributed by atoms with Gasteiger partial charge in [0.05, 0.1) is 18.8 Å². The minimum absolute atomic E-state index is 0.0474. The van der Waals surface area contributed by atoms with Crippen molar-refractivity contribution < 1.29 is 9.53 Å². The summed E-state index contributed by atoms with van der Waals surface area (Å²) >= 11 is 0. The number of hydrogen-bond donors (Lipinski definition) is 0. The number of nitrogens with zero attached hydrogens (tertiary/aromatic N) is 3. The van der Waals surface area contributed by atoms with Crippen LogP contribution in [0.15, 0.2) is 6.20 Å². The maximum atomic E-state index is 12.8. The summed E-state index contributed by atoms with van der Waals surface area (Å²) in [6.07, 6.45) is 2.33. The average molecular weight is 253 g/mol. The lowest BCUT2D eigenvalue weighted by atomic mass is 9.89. The lowest BCUT2D eigenvalue weighted by Gasteiger charge is -2.34. The van der Waals surface area contributed by atoms with Crippen LogP contribution in [0.4, 0.5) is 0 Å². The molecule has 0 aromatic carbocycles. The second-order valence-electron chi connectivity index (χ2n) is 4.73. The monoisotopic (exact) mass is 253 g/mol. The number of hydrogen-bond acceptors (Lipinski definition) is 4. The zero-order valence-corrected chi connectivity index (χ0v) is 12.1. The number of ketones is 1. The number of rotatable bonds is 6. The minimum atomic E-state index is -0.541. The first-order valence-corrected chi connectivity index (χ1v) is 6.24. The van der Waals surface area contributed by atoms with Crippen LogP contribution in [0.2, 0.25) is 0 Å². The number of likely N-dealkylation sites (N-methyl/N-ethyl adjacent to an activating group) is 1. The Bertz CT molecular complexity index is 404. The SMILES string of the molecule is CCn1ncc(OC)c1C(=O)C(C)(CC)N(C)C. The van der Waals surface area contributed by atoms with Gasteiger partial charge in [-0.1, -0.05) is 6.92 Å². The van der Waals surface area contributed by atoms with Crippen molar-refractivity contribution in [2.45, 2.75) is 39.3 Å². The van der Waals surface area contributed by atoms with E-state index in [0.717, 1.165) is 6.42 Å². The van der Waals surface area contributed by atoms with Crippen LogP contribution in [0.5, 0.6) is 5.75 Å². The molecule has 0 saturated carbocycles. The number of aromatic nitrogens is 2. The summed E-state index contributed by atoms with van der Waals surface area (Å²) in [5, 5.41) is 4.19. The van der Waals surface area contributed by atoms with Gasteiger partial charge in [-0.25, -0.2) is 0 Å². The standard InChI is InChI=1S/C13H23N3O2/c1-7-13(3,15(4)5)12(17)11-10(18-6)9-14-16(11)8-2/h9H,7-8H2,1-6H3. The van der Waals surface area contributed by atoms with E-state index in [9.17, 15) is 4.79 Å². The van der Waals surface area contributed by atoms with Gasteiger partial charge in [0.25, 0.3) is 0 Å². The molecule has 1 rings (SSSR count). The third kappa shape index (κ3) is 2.27. The van der Waals surface area contributed by atoms with Crippen molar-refractivity contribution in [2.24, 2.45) is 0 Å². The smallest absolute Gasteiger partial charge is 0.204 e. The van der Waals surface area contributed by atoms with Gasteiger partial charge in [-0.05, 0) is 34.4 Å². The predicted molar refractivity (Wildman–Crippen MR) is 71.2 cm³/mol. The van der Waals surface area contributed by atoms with Gasteiger partial charge in [-0.3, -0.25) is 14.4 Å². The summed E-state index contributed by atoms with van der Waals surface area (Å²) in [6, 6.07) is 0. The number of methoxy groups -OCH3 is 1. The maximum Gasteiger partial charge on any atom is 0.204 e. The summed E-state index contributed by atoms with van der Waals surface area (Å²) < 4.78 is 6.94. The van der Waals surface area contributed by atoms with E-state index >= 15 is 0 Å². The highest BCUT2D eigenvalue weighted by molar-refractivity contribution is 6.03. The highest BCUT2D eigenvalue weighted by Crippen LogP contribution is 2.27. The molecule has 1 heterocycles. The van der Waals surface area contributed by atoms with Crippen LogP contribution in [-0.2, 0) is 6.54 Å². The number of Topliss-reactive ketones (excluding diaryl/α,β-unsaturated/α-hetero) is 1. The van der Waals surface area contributed by atoms with Crippen molar-refractivity contribution in [3.05, 3.63) is 11.9 Å². The number of carbonyl (C=O) groups is 1. The van der Waals surface area contributed by atoms with E-state index in [4.69, 9.17) is 4.74 Å². The molecular weight excluding hydrogens is 230 g/mol. The molecule has 0 aliphatic carbocycles. The molecule has 102 valence electrons. The summed E-state index contributed by atoms with van der Waals surface area (Å²) in [7, 11) is 5.40. The zero-order valence-electron chi connectivity index (χ0n) is 12.1. The lowest BCUT2D eigenvalue weighted by molar-refractivity contribution is 0.0695. The van der Waals surface area contributed by atoms with E-state index in [1.165, 1.54) is 0 Å². The lowest BCUT2D eigenvalue weighted by Crippen LogP contribution is -2.48. The third-order valence-corrected chi connectivity index (χ3v) is 3.71. The molecule has 1 atom stereocenters. The van der Waals surface area contributed by atoms with E-state index in [1.807, 2.05) is 39.8 Å². The molecule has 0 radical (unpaired) electrons. The molecule has 0 aliphatic rings. The predicted octanol–water partition coefficient (Wildman–Crippen LogP) is 1.82. The molecule has 0 bridgehead atoms. The van der Waals surface area contributed by atoms with Gasteiger partial charge < -0.3 is 4.74 Å². The Morgan fingerprint density at radius 3 is 2.50 bits per heavy atom. The largest absolute Gasteiger partial charge is 0.493 e. The number of aryl methyl sites for hydroxylation is 1. The van der Waals surface area contributed by atoms with Crippen LogP contribution < -0.4 is 4.74 Å². The Labute approximate surface area is 109 Å². The van der Waals surface area contributed by atoms with E-state index < -0.39 is 5.54 Å². The molecule has 5 nitrogen and oxygen atoms in total. The fraction of sp³-hybridized carbons (Fsp3) is 0.692. The Kier molecular flexibility index (Phi) is 4.51. The second-order valence-corrected chi connectivity index (χ2v) is 4.73. The molecule has 0 N–H and O–H groups in total. The van der Waals surface area contributed by atoms with E-state index in [0.29, 0.717) is 18.0 Å². The van der Waals surface area contributed by atoms with Crippen molar-refractivity contribution in [3.63, 3.8) is 0 Å². The van der Waals surface area contributed by atoms with Crippen LogP contribution in [0.25, 0.3) is 0 Å². The van der Waals surface area contributed by atoms with Crippen LogP contribution >= 0.6 is 0 Å². The summed E-state index contributed by atoms with van der Waals surface area (Å²) in [6.45, 7) is 6.57. The average Bonchev–Trinajstić information content (AvgIpc) is 2.79. The topological polar surface area (TPSA) is 47.4 Å². The highest BCUT2D eigenvalue weighted by atomic mass is 16.5. The van der Waals surface area contributed by atoms with E-state index in [2.05, 4.69) is 5.10 Å². The Hall–Kier alpha value is -1.36. The van der Waals surface area contributed by atoms with Gasteiger partial charge in [0.1, 0.15) is 5.69 Å². The molecular formula is C13H23N3O2. The second kappa shape index (κ2) is 5.52. The van der Waals surface area contributed by atoms with Crippen LogP contribution in [0, 0.1) is 0 Å². The summed E-state index contributed by atoms with van der Waals surface area (Å²) in [5.74, 6) is 0.592. The van der Waals surface area contributed by atoms with Gasteiger partial charge >= 0.3 is 0 Å². The van der Waals surface area contributed by atoms with Crippen molar-refractivity contribution in [1.29, 1.82) is 0 Å². The molecule has 0 saturated heterocycles. The summed E-state index contributed by atoms with van der Waals surface area (Å²) in [5.41, 5.74) is 0.0123. The van der Waals surface area contributed by atoms with Crippen molar-refractivity contribution in [2.75, 3.05) is 21.2 Å². The molecule has 0 amide bonds. The third-order valence-electron chi connectivity index (χ3n) is 3.71. The van der Waals surface area contributed by atoms with Crippen LogP contribution in [0.1, 0.15) is 37.7 Å². The Morgan fingerprint density at radius 1 is 1.50 bits per heavy atom. The molecule has 18 heavy (non-hydrogen) atoms. The Balaban J connectivity index is 3.28. The molecule has 0 fully saturated rings. The highest BCUT2D eigenvalue weighted by Gasteiger charge is 2.38. The maximum absolute atomic E-state index is 12.8. The fourth-order valence-corrected chi connectivity index (χ4v) is 1.92. The molecule has 1 aromatic heterocycles. The Morgan fingerprint density at radius 2 is 2.11 bits per heavy atom. The van der Waals surface area contributed by atoms with Crippen molar-refractivity contribution >= 4 is 5.78 Å². The first-order valence-electron chi connectivity index (χ1n) is 6.24. The van der Waals surface area contributed by atoms with Crippen LogP contribution in [-0.4, -0.2) is 47.2 Å². The van der Waals surface area contributed by atoms with E-state index in [-0.39, 0.29) is 5.78 Å². The summed E-state index contributed by atoms with van der Waals surface area (Å²) in [4.78, 5) is 14.7. The fourth-order valence-electron chi connectivity index (χ4n) is 1.92. The molecule has 5 heteroatoms. The van der Waals surface area contributed by atoms with Gasteiger partial charge in [0.2, 0.25) is 5.78 Å².